The van der Waals surface area contributed by atoms with E-state index in [1.807, 2.05) is 7.11 Å². The van der Waals surface area contributed by atoms with Crippen molar-refractivity contribution < 1.29 is 4.74 Å². The van der Waals surface area contributed by atoms with E-state index in [0.29, 0.717) is 12.0 Å². The molecule has 0 aromatic heterocycles. The molecule has 0 atom stereocenters. The van der Waals surface area contributed by atoms with Crippen LogP contribution in [0.3, 0.4) is 0 Å². The van der Waals surface area contributed by atoms with Crippen LogP contribution in [0.1, 0.15) is 43.6 Å². The molecule has 0 heterocycles. The Kier molecular flexibility index (Phi) is 3.97. The quantitative estimate of drug-likeness (QED) is 0.888. The first kappa shape index (κ1) is 13.6. The molecule has 0 unspecified atom stereocenters. The Bertz CT molecular complexity index is 433. The number of hydrogen-bond acceptors (Lipinski definition) is 2. The fraction of sp³-hybridized carbons (Fsp3) is 0.625. The lowest BCUT2D eigenvalue weighted by Crippen LogP contribution is -2.52. The smallest absolute Gasteiger partial charge is 0.0802 e. The Morgan fingerprint density at radius 3 is 2.63 bits per heavy atom. The first-order valence-corrected chi connectivity index (χ1v) is 8.05. The summed E-state index contributed by atoms with van der Waals surface area (Å²) >= 11 is 3.65. The molecule has 104 valence electrons. The number of hydrogen-bond donors (Lipinski definition) is 1. The van der Waals surface area contributed by atoms with Crippen molar-refractivity contribution in [3.63, 3.8) is 0 Å². The van der Waals surface area contributed by atoms with Crippen molar-refractivity contribution >= 4 is 15.9 Å². The van der Waals surface area contributed by atoms with E-state index in [9.17, 15) is 0 Å². The van der Waals surface area contributed by atoms with Crippen molar-refractivity contribution in [2.45, 2.75) is 49.7 Å². The molecule has 1 aromatic carbocycles. The molecular weight excluding hydrogens is 302 g/mol. The molecule has 0 saturated heterocycles. The average molecular weight is 324 g/mol. The molecule has 0 amide bonds. The van der Waals surface area contributed by atoms with Crippen LogP contribution in [0.15, 0.2) is 28.7 Å². The molecule has 2 nitrogen and oxygen atoms in total. The number of halogens is 1. The summed E-state index contributed by atoms with van der Waals surface area (Å²) in [6.07, 6.45) is 6.26. The van der Waals surface area contributed by atoms with Gasteiger partial charge in [0.1, 0.15) is 0 Å². The van der Waals surface area contributed by atoms with Crippen molar-refractivity contribution in [3.05, 3.63) is 34.3 Å². The number of benzene rings is 1. The van der Waals surface area contributed by atoms with Crippen molar-refractivity contribution in [1.82, 2.24) is 5.32 Å². The highest BCUT2D eigenvalue weighted by Crippen LogP contribution is 2.41. The summed E-state index contributed by atoms with van der Waals surface area (Å²) in [4.78, 5) is 0. The minimum atomic E-state index is 0.151. The van der Waals surface area contributed by atoms with Crippen LogP contribution in [-0.2, 0) is 4.74 Å². The zero-order valence-corrected chi connectivity index (χ0v) is 13.1. The van der Waals surface area contributed by atoms with Crippen LogP contribution >= 0.6 is 15.9 Å². The average Bonchev–Trinajstić information content (AvgIpc) is 2.32. The van der Waals surface area contributed by atoms with E-state index >= 15 is 0 Å². The van der Waals surface area contributed by atoms with Crippen molar-refractivity contribution in [1.29, 1.82) is 0 Å². The second kappa shape index (κ2) is 5.55. The van der Waals surface area contributed by atoms with Gasteiger partial charge in [0.15, 0.2) is 0 Å². The van der Waals surface area contributed by atoms with Crippen molar-refractivity contribution in [2.75, 3.05) is 13.7 Å². The molecule has 3 rings (SSSR count). The molecule has 2 aliphatic rings. The molecule has 2 aliphatic carbocycles. The summed E-state index contributed by atoms with van der Waals surface area (Å²) in [6.45, 7) is 1.02. The summed E-state index contributed by atoms with van der Waals surface area (Å²) in [5.41, 5.74) is 1.61. The van der Waals surface area contributed by atoms with Crippen LogP contribution < -0.4 is 5.32 Å². The molecule has 0 radical (unpaired) electrons. The molecular formula is C16H22BrNO. The van der Waals surface area contributed by atoms with E-state index in [4.69, 9.17) is 4.74 Å². The summed E-state index contributed by atoms with van der Waals surface area (Å²) in [5.74, 6) is 0.716. The zero-order chi connectivity index (χ0) is 13.3. The van der Waals surface area contributed by atoms with Gasteiger partial charge in [-0.15, -0.1) is 0 Å². The molecule has 0 bridgehead atoms. The highest BCUT2D eigenvalue weighted by molar-refractivity contribution is 9.10. The van der Waals surface area contributed by atoms with Crippen LogP contribution in [0.4, 0.5) is 0 Å². The van der Waals surface area contributed by atoms with Gasteiger partial charge in [0.2, 0.25) is 0 Å². The van der Waals surface area contributed by atoms with Crippen LogP contribution in [0.5, 0.6) is 0 Å². The molecule has 1 aromatic rings. The summed E-state index contributed by atoms with van der Waals surface area (Å²) in [7, 11) is 1.85. The van der Waals surface area contributed by atoms with Gasteiger partial charge in [0.25, 0.3) is 0 Å². The topological polar surface area (TPSA) is 21.3 Å². The summed E-state index contributed by atoms with van der Waals surface area (Å²) < 4.78 is 6.91. The van der Waals surface area contributed by atoms with Gasteiger partial charge in [0.05, 0.1) is 5.60 Å². The van der Waals surface area contributed by atoms with Gasteiger partial charge in [-0.05, 0) is 49.7 Å². The Morgan fingerprint density at radius 1 is 1.32 bits per heavy atom. The maximum atomic E-state index is 5.65. The molecule has 0 spiro atoms. The molecule has 2 fully saturated rings. The van der Waals surface area contributed by atoms with Crippen LogP contribution in [0.25, 0.3) is 0 Å². The van der Waals surface area contributed by atoms with Crippen molar-refractivity contribution in [2.24, 2.45) is 0 Å². The van der Waals surface area contributed by atoms with Crippen LogP contribution in [-0.4, -0.2) is 25.3 Å². The standard InChI is InChI=1S/C16H22BrNO/c1-19-16(7-4-8-16)11-18-13-9-12(10-13)14-5-2-3-6-15(14)17/h2-3,5-6,12-13,18H,4,7-11H2,1H3. The number of rotatable bonds is 5. The Balaban J connectivity index is 1.47. The maximum absolute atomic E-state index is 5.65. The van der Waals surface area contributed by atoms with Gasteiger partial charge in [0, 0.05) is 24.2 Å². The largest absolute Gasteiger partial charge is 0.377 e. The lowest BCUT2D eigenvalue weighted by molar-refractivity contribution is -0.0724. The molecule has 19 heavy (non-hydrogen) atoms. The Hall–Kier alpha value is -0.380. The Labute approximate surface area is 124 Å². The van der Waals surface area contributed by atoms with E-state index in [0.717, 1.165) is 6.54 Å². The van der Waals surface area contributed by atoms with E-state index < -0.39 is 0 Å². The fourth-order valence-electron chi connectivity index (χ4n) is 3.20. The Morgan fingerprint density at radius 2 is 2.05 bits per heavy atom. The van der Waals surface area contributed by atoms with Gasteiger partial charge in [-0.25, -0.2) is 0 Å². The number of methoxy groups -OCH3 is 1. The van der Waals surface area contributed by atoms with E-state index in [-0.39, 0.29) is 5.60 Å². The molecule has 3 heteroatoms. The van der Waals surface area contributed by atoms with E-state index in [2.05, 4.69) is 45.5 Å². The zero-order valence-electron chi connectivity index (χ0n) is 11.5. The second-order valence-corrected chi connectivity index (χ2v) is 6.86. The fourth-order valence-corrected chi connectivity index (χ4v) is 3.81. The lowest BCUT2D eigenvalue weighted by Gasteiger charge is -2.44. The lowest BCUT2D eigenvalue weighted by atomic mass is 9.74. The maximum Gasteiger partial charge on any atom is 0.0802 e. The first-order chi connectivity index (χ1) is 9.22. The minimum absolute atomic E-state index is 0.151. The summed E-state index contributed by atoms with van der Waals surface area (Å²) in [6, 6.07) is 9.28. The monoisotopic (exact) mass is 323 g/mol. The second-order valence-electron chi connectivity index (χ2n) is 6.01. The molecule has 2 saturated carbocycles. The third-order valence-corrected chi connectivity index (χ3v) is 5.62. The normalized spacial score (nSPS) is 28.5. The van der Waals surface area contributed by atoms with E-state index in [1.165, 1.54) is 42.1 Å². The molecule has 0 aliphatic heterocycles. The third kappa shape index (κ3) is 2.74. The summed E-state index contributed by atoms with van der Waals surface area (Å²) in [5, 5.41) is 3.69. The highest BCUT2D eigenvalue weighted by Gasteiger charge is 2.39. The predicted octanol–water partition coefficient (Wildman–Crippen LogP) is 3.85. The third-order valence-electron chi connectivity index (χ3n) is 4.89. The number of nitrogens with one attached hydrogen (secondary N) is 1. The van der Waals surface area contributed by atoms with Gasteiger partial charge in [-0.1, -0.05) is 34.1 Å². The highest BCUT2D eigenvalue weighted by atomic mass is 79.9. The van der Waals surface area contributed by atoms with Crippen LogP contribution in [0, 0.1) is 0 Å². The van der Waals surface area contributed by atoms with Crippen LogP contribution in [0.2, 0.25) is 0 Å². The number of ether oxygens (including phenoxy) is 1. The predicted molar refractivity (Wildman–Crippen MR) is 81.5 cm³/mol. The SMILES string of the molecule is COC1(CNC2CC(c3ccccc3Br)C2)CCC1. The van der Waals surface area contributed by atoms with Gasteiger partial charge < -0.3 is 10.1 Å². The van der Waals surface area contributed by atoms with E-state index in [1.54, 1.807) is 0 Å². The van der Waals surface area contributed by atoms with Gasteiger partial charge in [-0.3, -0.25) is 0 Å². The van der Waals surface area contributed by atoms with Gasteiger partial charge in [-0.2, -0.15) is 0 Å². The first-order valence-electron chi connectivity index (χ1n) is 7.25. The minimum Gasteiger partial charge on any atom is -0.377 e. The molecule has 1 N–H and O–H groups in total. The van der Waals surface area contributed by atoms with Crippen molar-refractivity contribution in [3.8, 4) is 0 Å². The van der Waals surface area contributed by atoms with Gasteiger partial charge >= 0.3 is 0 Å².